The van der Waals surface area contributed by atoms with Crippen LogP contribution >= 0.6 is 0 Å². The summed E-state index contributed by atoms with van der Waals surface area (Å²) in [4.78, 5) is 36.2. The quantitative estimate of drug-likeness (QED) is 0.430. The van der Waals surface area contributed by atoms with Crippen LogP contribution in [0.2, 0.25) is 0 Å². The number of methoxy groups -OCH3 is 2. The van der Waals surface area contributed by atoms with Crippen molar-refractivity contribution in [3.05, 3.63) is 23.8 Å². The molecule has 0 spiro atoms. The molecule has 1 aromatic rings. The summed E-state index contributed by atoms with van der Waals surface area (Å²) < 4.78 is 14.1. The van der Waals surface area contributed by atoms with Crippen LogP contribution in [0.4, 0.5) is 5.69 Å². The van der Waals surface area contributed by atoms with Gasteiger partial charge in [0.15, 0.2) is 0 Å². The van der Waals surface area contributed by atoms with Gasteiger partial charge in [-0.3, -0.25) is 9.59 Å². The lowest BCUT2D eigenvalue weighted by Gasteiger charge is -2.13. The van der Waals surface area contributed by atoms with Gasteiger partial charge in [0, 0.05) is 12.1 Å². The fraction of sp³-hybridized carbons (Fsp3) is 0.412. The van der Waals surface area contributed by atoms with E-state index in [1.165, 1.54) is 26.4 Å². The average Bonchev–Trinajstić information content (AvgIpc) is 2.98. The van der Waals surface area contributed by atoms with E-state index in [0.29, 0.717) is 17.3 Å². The minimum Gasteiger partial charge on any atom is -0.495 e. The molecule has 2 amide bonds. The van der Waals surface area contributed by atoms with Gasteiger partial charge in [0.05, 0.1) is 31.3 Å². The highest BCUT2D eigenvalue weighted by molar-refractivity contribution is 7.89. The number of hydrogen-bond acceptors (Lipinski definition) is 6. The van der Waals surface area contributed by atoms with Crippen LogP contribution in [0.25, 0.3) is 0 Å². The first-order chi connectivity index (χ1) is 12.8. The van der Waals surface area contributed by atoms with Crippen LogP contribution in [0, 0.1) is 0 Å². The summed E-state index contributed by atoms with van der Waals surface area (Å²) in [5.74, 6) is -0.383. The van der Waals surface area contributed by atoms with Gasteiger partial charge < -0.3 is 20.1 Å². The van der Waals surface area contributed by atoms with E-state index >= 15 is 0 Å². The van der Waals surface area contributed by atoms with Crippen LogP contribution in [0.3, 0.4) is 0 Å². The number of nitrogens with zero attached hydrogens (tertiary/aromatic N) is 2. The molecule has 1 aromatic carbocycles. The van der Waals surface area contributed by atoms with Crippen molar-refractivity contribution < 1.29 is 23.9 Å². The molecule has 0 bridgehead atoms. The normalized spacial score (nSPS) is 18.6. The molecule has 1 aliphatic rings. The van der Waals surface area contributed by atoms with Crippen LogP contribution in [-0.4, -0.2) is 48.8 Å². The highest BCUT2D eigenvalue weighted by atomic mass is 32.2. The molecule has 0 aliphatic carbocycles. The fourth-order valence-electron chi connectivity index (χ4n) is 2.31. The van der Waals surface area contributed by atoms with Gasteiger partial charge in [-0.05, 0) is 42.7 Å². The summed E-state index contributed by atoms with van der Waals surface area (Å²) in [6.07, 6.45) is -0.0532. The molecule has 0 aromatic heterocycles. The lowest BCUT2D eigenvalue weighted by molar-refractivity contribution is -0.123. The van der Waals surface area contributed by atoms with E-state index in [1.54, 1.807) is 19.9 Å². The van der Waals surface area contributed by atoms with E-state index in [0.717, 1.165) is 5.71 Å². The van der Waals surface area contributed by atoms with Crippen molar-refractivity contribution in [2.75, 3.05) is 25.4 Å². The Balaban J connectivity index is 2.17. The Morgan fingerprint density at radius 2 is 2.07 bits per heavy atom. The van der Waals surface area contributed by atoms with Gasteiger partial charge >= 0.3 is 5.97 Å². The summed E-state index contributed by atoms with van der Waals surface area (Å²) in [6.45, 7) is 3.61. The third-order valence-electron chi connectivity index (χ3n) is 3.63. The molecule has 10 heteroatoms. The number of amides is 2. The van der Waals surface area contributed by atoms with Crippen LogP contribution < -0.4 is 15.4 Å². The number of nitrogens with one attached hydrogen (secondary N) is 2. The third-order valence-corrected chi connectivity index (χ3v) is 5.40. The Morgan fingerprint density at radius 3 is 2.70 bits per heavy atom. The van der Waals surface area contributed by atoms with Gasteiger partial charge in [-0.2, -0.15) is 5.10 Å². The number of benzene rings is 1. The van der Waals surface area contributed by atoms with Crippen molar-refractivity contribution in [1.82, 2.24) is 5.32 Å². The Bertz CT molecular complexity index is 818. The van der Waals surface area contributed by atoms with Crippen LogP contribution in [-0.2, 0) is 25.0 Å². The lowest BCUT2D eigenvalue weighted by atomic mass is 10.1. The van der Waals surface area contributed by atoms with Crippen LogP contribution in [0.1, 0.15) is 30.6 Å². The molecule has 1 fully saturated rings. The standard InChI is InChI=1S/C17H22N4O5S/c1-10(2)20-21-27-9-18-16(23)14(27)8-15(22)19-12-7-11(17(24)26-4)5-6-13(12)25-3/h5-7,14H,8-9H2,1-4H3,(H,18,23)(H,19,22). The first-order valence-electron chi connectivity index (χ1n) is 8.11. The number of hydrogen-bond donors (Lipinski definition) is 2. The summed E-state index contributed by atoms with van der Waals surface area (Å²) in [5.41, 5.74) is 1.37. The minimum absolute atomic E-state index is 0.0532. The predicted octanol–water partition coefficient (Wildman–Crippen LogP) is 1.46. The second-order valence-electron chi connectivity index (χ2n) is 5.86. The van der Waals surface area contributed by atoms with Gasteiger partial charge in [-0.1, -0.05) is 0 Å². The van der Waals surface area contributed by atoms with E-state index in [4.69, 9.17) is 4.74 Å². The SMILES string of the molecule is COC(=O)c1ccc(OC)c(NC(=O)CC2C(=O)NC/S2=N\N=C(C)C)c1. The van der Waals surface area contributed by atoms with Crippen molar-refractivity contribution in [3.63, 3.8) is 0 Å². The van der Waals surface area contributed by atoms with Crippen molar-refractivity contribution in [2.24, 2.45) is 9.57 Å². The van der Waals surface area contributed by atoms with Crippen LogP contribution in [0.5, 0.6) is 5.75 Å². The van der Waals surface area contributed by atoms with Gasteiger partial charge in [-0.15, -0.1) is 4.47 Å². The van der Waals surface area contributed by atoms with Crippen molar-refractivity contribution >= 4 is 39.9 Å². The number of rotatable bonds is 6. The molecule has 146 valence electrons. The molecule has 2 atom stereocenters. The van der Waals surface area contributed by atoms with Crippen molar-refractivity contribution in [3.8, 4) is 5.75 Å². The van der Waals surface area contributed by atoms with E-state index in [2.05, 4.69) is 24.9 Å². The summed E-state index contributed by atoms with van der Waals surface area (Å²) in [5, 5.41) is 8.83. The van der Waals surface area contributed by atoms with Crippen LogP contribution in [0.15, 0.2) is 27.8 Å². The molecule has 1 saturated heterocycles. The monoisotopic (exact) mass is 394 g/mol. The maximum Gasteiger partial charge on any atom is 0.337 e. The Hall–Kier alpha value is -2.75. The number of ether oxygens (including phenoxy) is 2. The smallest absolute Gasteiger partial charge is 0.337 e. The maximum atomic E-state index is 12.5. The van der Waals surface area contributed by atoms with Gasteiger partial charge in [0.2, 0.25) is 11.8 Å². The Labute approximate surface area is 159 Å². The Kier molecular flexibility index (Phi) is 7.05. The molecule has 1 heterocycles. The zero-order valence-electron chi connectivity index (χ0n) is 15.6. The first-order valence-corrected chi connectivity index (χ1v) is 9.52. The lowest BCUT2D eigenvalue weighted by Crippen LogP contribution is -2.29. The average molecular weight is 394 g/mol. The van der Waals surface area contributed by atoms with Crippen molar-refractivity contribution in [1.29, 1.82) is 0 Å². The molecule has 2 unspecified atom stereocenters. The van der Waals surface area contributed by atoms with Gasteiger partial charge in [-0.25, -0.2) is 4.79 Å². The largest absolute Gasteiger partial charge is 0.495 e. The van der Waals surface area contributed by atoms with E-state index in [1.807, 2.05) is 0 Å². The third kappa shape index (κ3) is 5.36. The molecule has 0 radical (unpaired) electrons. The summed E-state index contributed by atoms with van der Waals surface area (Å²) >= 11 is 0. The number of carbonyl (C=O) groups excluding carboxylic acids is 3. The number of anilines is 1. The van der Waals surface area contributed by atoms with E-state index < -0.39 is 21.9 Å². The van der Waals surface area contributed by atoms with Gasteiger partial charge in [0.1, 0.15) is 11.0 Å². The fourth-order valence-corrected chi connectivity index (χ4v) is 3.92. The van der Waals surface area contributed by atoms with E-state index in [-0.39, 0.29) is 23.8 Å². The molecular formula is C17H22N4O5S. The molecular weight excluding hydrogens is 372 g/mol. The molecule has 9 nitrogen and oxygen atoms in total. The molecule has 1 aliphatic heterocycles. The molecule has 2 N–H and O–H groups in total. The highest BCUT2D eigenvalue weighted by Gasteiger charge is 2.32. The molecule has 27 heavy (non-hydrogen) atoms. The van der Waals surface area contributed by atoms with E-state index in [9.17, 15) is 14.4 Å². The molecule has 0 saturated carbocycles. The zero-order chi connectivity index (χ0) is 20.0. The highest BCUT2D eigenvalue weighted by Crippen LogP contribution is 2.26. The minimum atomic E-state index is -0.704. The predicted molar refractivity (Wildman–Crippen MR) is 103 cm³/mol. The van der Waals surface area contributed by atoms with Crippen molar-refractivity contribution in [2.45, 2.75) is 25.5 Å². The number of esters is 1. The Morgan fingerprint density at radius 1 is 1.33 bits per heavy atom. The topological polar surface area (TPSA) is 118 Å². The number of carbonyl (C=O) groups is 3. The summed E-state index contributed by atoms with van der Waals surface area (Å²) in [7, 11) is 2.02. The second kappa shape index (κ2) is 9.26. The maximum absolute atomic E-state index is 12.5. The second-order valence-corrected chi connectivity index (χ2v) is 7.69. The first kappa shape index (κ1) is 20.6. The van der Waals surface area contributed by atoms with Gasteiger partial charge in [0.25, 0.3) is 0 Å². The summed E-state index contributed by atoms with van der Waals surface area (Å²) in [6, 6.07) is 4.56. The molecule has 2 rings (SSSR count). The zero-order valence-corrected chi connectivity index (χ0v) is 16.4.